The summed E-state index contributed by atoms with van der Waals surface area (Å²) < 4.78 is 68.6. The number of rotatable bonds is 3. The van der Waals surface area contributed by atoms with Gasteiger partial charge in [-0.1, -0.05) is 48.5 Å². The normalized spacial score (nSPS) is 14.5. The maximum absolute atomic E-state index is 14.8. The molecular weight excluding hydrogens is 465 g/mol. The van der Waals surface area contributed by atoms with E-state index in [2.05, 4.69) is 15.0 Å². The Morgan fingerprint density at radius 2 is 1.39 bits per heavy atom. The summed E-state index contributed by atoms with van der Waals surface area (Å²) in [5, 5.41) is -1.14. The van der Waals surface area contributed by atoms with Crippen molar-refractivity contribution in [2.45, 2.75) is 19.8 Å². The number of benzene rings is 3. The second-order valence-electron chi connectivity index (χ2n) is 7.09. The lowest BCUT2D eigenvalue weighted by Crippen LogP contribution is -2.11. The summed E-state index contributed by atoms with van der Waals surface area (Å²) in [5.41, 5.74) is -0.357. The Kier molecular flexibility index (Phi) is 4.91. The molecule has 1 aliphatic rings. The standard InChI is InChI=1S/C23H14FN3O4S2/c24-18-12-6-4-10-16(18)20-17-11-5-7-13-19(17)33(30,31)23-21(27-20)22(25-14-26-23)32(28,29)15-8-2-1-3-9-15/h1-14H. The smallest absolute Gasteiger partial charge is 0.226 e. The summed E-state index contributed by atoms with van der Waals surface area (Å²) in [5.74, 6) is -0.642. The molecule has 4 aromatic rings. The van der Waals surface area contributed by atoms with Crippen LogP contribution in [0.1, 0.15) is 11.1 Å². The van der Waals surface area contributed by atoms with Gasteiger partial charge < -0.3 is 0 Å². The third-order valence-electron chi connectivity index (χ3n) is 5.10. The summed E-state index contributed by atoms with van der Waals surface area (Å²) in [7, 11) is -8.58. The molecule has 0 aliphatic carbocycles. The lowest BCUT2D eigenvalue weighted by atomic mass is 10.0. The summed E-state index contributed by atoms with van der Waals surface area (Å²) in [6, 6.07) is 19.1. The molecule has 0 bridgehead atoms. The molecule has 3 aromatic carbocycles. The topological polar surface area (TPSA) is 106 Å². The van der Waals surface area contributed by atoms with Crippen molar-refractivity contribution in [2.75, 3.05) is 0 Å². The van der Waals surface area contributed by atoms with Crippen molar-refractivity contribution in [2.24, 2.45) is 4.99 Å². The van der Waals surface area contributed by atoms with Crippen molar-refractivity contribution in [1.82, 2.24) is 9.97 Å². The van der Waals surface area contributed by atoms with E-state index in [0.717, 1.165) is 6.33 Å². The number of nitrogens with zero attached hydrogens (tertiary/aromatic N) is 3. The van der Waals surface area contributed by atoms with Crippen molar-refractivity contribution >= 4 is 31.1 Å². The van der Waals surface area contributed by atoms with Crippen molar-refractivity contribution in [1.29, 1.82) is 0 Å². The van der Waals surface area contributed by atoms with Crippen LogP contribution in [0.4, 0.5) is 10.1 Å². The van der Waals surface area contributed by atoms with Crippen LogP contribution in [0.25, 0.3) is 0 Å². The van der Waals surface area contributed by atoms with Gasteiger partial charge in [-0.3, -0.25) is 0 Å². The first-order valence-electron chi connectivity index (χ1n) is 9.65. The van der Waals surface area contributed by atoms with Crippen LogP contribution < -0.4 is 0 Å². The van der Waals surface area contributed by atoms with Crippen LogP contribution in [0.15, 0.2) is 110 Å². The Balaban J connectivity index is 1.92. The van der Waals surface area contributed by atoms with Gasteiger partial charge in [0.2, 0.25) is 19.7 Å². The minimum absolute atomic E-state index is 0.0138. The molecule has 2 heterocycles. The summed E-state index contributed by atoms with van der Waals surface area (Å²) in [4.78, 5) is 11.9. The van der Waals surface area contributed by atoms with Crippen LogP contribution in [-0.2, 0) is 19.7 Å². The lowest BCUT2D eigenvalue weighted by molar-refractivity contribution is 0.587. The van der Waals surface area contributed by atoms with Gasteiger partial charge in [0.1, 0.15) is 17.8 Å². The predicted molar refractivity (Wildman–Crippen MR) is 118 cm³/mol. The Bertz CT molecular complexity index is 1650. The highest BCUT2D eigenvalue weighted by Gasteiger charge is 2.36. The fraction of sp³-hybridized carbons (Fsp3) is 0. The third kappa shape index (κ3) is 3.35. The third-order valence-corrected chi connectivity index (χ3v) is 8.55. The van der Waals surface area contributed by atoms with E-state index >= 15 is 0 Å². The number of hydrogen-bond acceptors (Lipinski definition) is 7. The molecule has 164 valence electrons. The predicted octanol–water partition coefficient (Wildman–Crippen LogP) is 3.76. The van der Waals surface area contributed by atoms with Crippen LogP contribution in [0, 0.1) is 5.82 Å². The molecule has 0 saturated carbocycles. The molecule has 7 nitrogen and oxygen atoms in total. The summed E-state index contributed by atoms with van der Waals surface area (Å²) in [6.07, 6.45) is 0.873. The molecule has 10 heteroatoms. The minimum atomic E-state index is -4.31. The summed E-state index contributed by atoms with van der Waals surface area (Å²) >= 11 is 0. The molecule has 0 N–H and O–H groups in total. The van der Waals surface area contributed by atoms with Gasteiger partial charge in [-0.05, 0) is 30.3 Å². The van der Waals surface area contributed by atoms with Crippen LogP contribution in [0.2, 0.25) is 0 Å². The molecule has 0 atom stereocenters. The SMILES string of the molecule is O=S(=O)(c1ccccc1)c1ncnc2c1N=C(c1ccccc1F)c1ccccc1S2(=O)=O. The zero-order chi connectivity index (χ0) is 23.2. The second-order valence-corrected chi connectivity index (χ2v) is 10.8. The first-order chi connectivity index (χ1) is 15.8. The molecule has 0 spiro atoms. The minimum Gasteiger partial charge on any atom is -0.241 e. The van der Waals surface area contributed by atoms with Gasteiger partial charge in [0.05, 0.1) is 15.5 Å². The first-order valence-corrected chi connectivity index (χ1v) is 12.6. The zero-order valence-electron chi connectivity index (χ0n) is 16.8. The highest BCUT2D eigenvalue weighted by atomic mass is 32.2. The number of aromatic nitrogens is 2. The Hall–Kier alpha value is -3.76. The van der Waals surface area contributed by atoms with Crippen LogP contribution in [0.5, 0.6) is 0 Å². The number of fused-ring (bicyclic) bond motifs is 2. The van der Waals surface area contributed by atoms with E-state index in [0.29, 0.717) is 0 Å². The zero-order valence-corrected chi connectivity index (χ0v) is 18.4. The van der Waals surface area contributed by atoms with E-state index in [1.807, 2.05) is 0 Å². The fourth-order valence-electron chi connectivity index (χ4n) is 3.58. The van der Waals surface area contributed by atoms with E-state index < -0.39 is 41.2 Å². The average molecular weight is 480 g/mol. The molecule has 1 aromatic heterocycles. The molecule has 0 saturated heterocycles. The van der Waals surface area contributed by atoms with Crippen molar-refractivity contribution in [3.05, 3.63) is 102 Å². The number of sulfone groups is 2. The van der Waals surface area contributed by atoms with E-state index in [9.17, 15) is 21.2 Å². The molecule has 0 radical (unpaired) electrons. The Labute approximate surface area is 189 Å². The Morgan fingerprint density at radius 1 is 0.758 bits per heavy atom. The van der Waals surface area contributed by atoms with Crippen molar-refractivity contribution in [3.8, 4) is 0 Å². The number of hydrogen-bond donors (Lipinski definition) is 0. The van der Waals surface area contributed by atoms with Crippen molar-refractivity contribution in [3.63, 3.8) is 0 Å². The van der Waals surface area contributed by atoms with Crippen molar-refractivity contribution < 1.29 is 21.2 Å². The first kappa shape index (κ1) is 21.1. The highest BCUT2D eigenvalue weighted by molar-refractivity contribution is 7.92. The maximum atomic E-state index is 14.8. The average Bonchev–Trinajstić information content (AvgIpc) is 2.92. The van der Waals surface area contributed by atoms with Crippen LogP contribution in [0.3, 0.4) is 0 Å². The van der Waals surface area contributed by atoms with Crippen LogP contribution in [-0.4, -0.2) is 32.5 Å². The molecule has 0 amide bonds. The number of halogens is 1. The lowest BCUT2D eigenvalue weighted by Gasteiger charge is -2.10. The quantitative estimate of drug-likeness (QED) is 0.365. The largest absolute Gasteiger partial charge is 0.241 e. The van der Waals surface area contributed by atoms with Gasteiger partial charge in [0, 0.05) is 11.1 Å². The van der Waals surface area contributed by atoms with E-state index in [4.69, 9.17) is 0 Å². The summed E-state index contributed by atoms with van der Waals surface area (Å²) in [6.45, 7) is 0. The monoisotopic (exact) mass is 479 g/mol. The number of aliphatic imine (C=N–C) groups is 1. The molecule has 5 rings (SSSR count). The second kappa shape index (κ2) is 7.68. The van der Waals surface area contributed by atoms with E-state index in [1.54, 1.807) is 18.2 Å². The Morgan fingerprint density at radius 3 is 2.12 bits per heavy atom. The van der Waals surface area contributed by atoms with E-state index in [1.165, 1.54) is 60.7 Å². The fourth-order valence-corrected chi connectivity index (χ4v) is 6.47. The molecule has 33 heavy (non-hydrogen) atoms. The van der Waals surface area contributed by atoms with Crippen LogP contribution >= 0.6 is 0 Å². The van der Waals surface area contributed by atoms with Gasteiger partial charge in [-0.2, -0.15) is 0 Å². The van der Waals surface area contributed by atoms with Gasteiger partial charge in [0.25, 0.3) is 0 Å². The van der Waals surface area contributed by atoms with Gasteiger partial charge in [-0.25, -0.2) is 36.2 Å². The van der Waals surface area contributed by atoms with Gasteiger partial charge >= 0.3 is 0 Å². The van der Waals surface area contributed by atoms with Gasteiger partial charge in [0.15, 0.2) is 10.1 Å². The van der Waals surface area contributed by atoms with Gasteiger partial charge in [-0.15, -0.1) is 0 Å². The molecule has 0 unspecified atom stereocenters. The molecular formula is C23H14FN3O4S2. The van der Waals surface area contributed by atoms with E-state index in [-0.39, 0.29) is 26.6 Å². The highest BCUT2D eigenvalue weighted by Crippen LogP contribution is 2.39. The maximum Gasteiger partial charge on any atom is 0.226 e. The molecule has 1 aliphatic heterocycles. The molecule has 0 fully saturated rings.